The summed E-state index contributed by atoms with van der Waals surface area (Å²) in [6.07, 6.45) is 4.01. The van der Waals surface area contributed by atoms with Crippen molar-refractivity contribution in [3.05, 3.63) is 11.4 Å². The van der Waals surface area contributed by atoms with Crippen LogP contribution in [0.25, 0.3) is 0 Å². The summed E-state index contributed by atoms with van der Waals surface area (Å²) in [6, 6.07) is 0. The standard InChI is InChI=1S/C14H25N5O/c1-4-7-12-18-13(16-3)10(2)14(19-12)17-9-6-5-8-11(15)20/h4-9H2,1-3H3,(H2,15,20)(H2,16,17,18,19). The smallest absolute Gasteiger partial charge is 0.217 e. The van der Waals surface area contributed by atoms with E-state index in [1.54, 1.807) is 0 Å². The fourth-order valence-corrected chi connectivity index (χ4v) is 1.94. The Kier molecular flexibility index (Phi) is 6.76. The molecule has 0 aliphatic carbocycles. The highest BCUT2D eigenvalue weighted by atomic mass is 16.1. The summed E-state index contributed by atoms with van der Waals surface area (Å²) < 4.78 is 0. The van der Waals surface area contributed by atoms with Crippen molar-refractivity contribution in [1.82, 2.24) is 9.97 Å². The third-order valence-corrected chi connectivity index (χ3v) is 3.04. The maximum atomic E-state index is 10.7. The lowest BCUT2D eigenvalue weighted by Crippen LogP contribution is -2.12. The molecule has 0 saturated heterocycles. The Labute approximate surface area is 120 Å². The van der Waals surface area contributed by atoms with Gasteiger partial charge in [0.1, 0.15) is 17.5 Å². The summed E-state index contributed by atoms with van der Waals surface area (Å²) in [5.41, 5.74) is 6.13. The van der Waals surface area contributed by atoms with Crippen molar-refractivity contribution in [1.29, 1.82) is 0 Å². The predicted molar refractivity (Wildman–Crippen MR) is 81.8 cm³/mol. The molecule has 0 spiro atoms. The SMILES string of the molecule is CCCc1nc(NC)c(C)c(NCCCCC(N)=O)n1. The summed E-state index contributed by atoms with van der Waals surface area (Å²) >= 11 is 0. The molecule has 1 amide bonds. The molecule has 0 atom stereocenters. The molecule has 20 heavy (non-hydrogen) atoms. The molecule has 1 aromatic heterocycles. The minimum Gasteiger partial charge on any atom is -0.373 e. The van der Waals surface area contributed by atoms with Crippen LogP contribution in [0, 0.1) is 6.92 Å². The van der Waals surface area contributed by atoms with Crippen molar-refractivity contribution in [2.45, 2.75) is 46.0 Å². The molecule has 0 radical (unpaired) electrons. The summed E-state index contributed by atoms with van der Waals surface area (Å²) in [7, 11) is 1.86. The van der Waals surface area contributed by atoms with Gasteiger partial charge in [-0.15, -0.1) is 0 Å². The van der Waals surface area contributed by atoms with Gasteiger partial charge in [-0.05, 0) is 26.2 Å². The summed E-state index contributed by atoms with van der Waals surface area (Å²) in [6.45, 7) is 4.88. The van der Waals surface area contributed by atoms with Gasteiger partial charge in [0.05, 0.1) is 0 Å². The zero-order valence-corrected chi connectivity index (χ0v) is 12.6. The molecule has 0 bridgehead atoms. The largest absolute Gasteiger partial charge is 0.373 e. The maximum absolute atomic E-state index is 10.7. The molecule has 0 unspecified atom stereocenters. The molecule has 1 rings (SSSR count). The van der Waals surface area contributed by atoms with Crippen molar-refractivity contribution >= 4 is 17.5 Å². The number of nitrogens with one attached hydrogen (secondary N) is 2. The molecule has 0 aromatic carbocycles. The van der Waals surface area contributed by atoms with Crippen molar-refractivity contribution in [3.8, 4) is 0 Å². The van der Waals surface area contributed by atoms with Gasteiger partial charge in [0, 0.05) is 32.0 Å². The normalized spacial score (nSPS) is 10.3. The molecule has 0 aliphatic rings. The number of rotatable bonds is 9. The van der Waals surface area contributed by atoms with Crippen LogP contribution in [-0.2, 0) is 11.2 Å². The molecule has 112 valence electrons. The van der Waals surface area contributed by atoms with Crippen molar-refractivity contribution in [2.24, 2.45) is 5.73 Å². The van der Waals surface area contributed by atoms with Crippen LogP contribution in [0.1, 0.15) is 44.0 Å². The van der Waals surface area contributed by atoms with E-state index < -0.39 is 0 Å². The monoisotopic (exact) mass is 279 g/mol. The van der Waals surface area contributed by atoms with Gasteiger partial charge < -0.3 is 16.4 Å². The van der Waals surface area contributed by atoms with Crippen LogP contribution in [0.2, 0.25) is 0 Å². The molecule has 0 saturated carbocycles. The van der Waals surface area contributed by atoms with E-state index in [-0.39, 0.29) is 5.91 Å². The fourth-order valence-electron chi connectivity index (χ4n) is 1.94. The van der Waals surface area contributed by atoms with Gasteiger partial charge in [0.15, 0.2) is 0 Å². The van der Waals surface area contributed by atoms with E-state index in [1.165, 1.54) is 0 Å². The molecule has 6 nitrogen and oxygen atoms in total. The Bertz CT molecular complexity index is 447. The third kappa shape index (κ3) is 5.03. The molecule has 1 aromatic rings. The number of carbonyl (C=O) groups excluding carboxylic acids is 1. The lowest BCUT2D eigenvalue weighted by Gasteiger charge is -2.13. The van der Waals surface area contributed by atoms with E-state index >= 15 is 0 Å². The number of hydrogen-bond donors (Lipinski definition) is 3. The average molecular weight is 279 g/mol. The molecule has 1 heterocycles. The lowest BCUT2D eigenvalue weighted by molar-refractivity contribution is -0.118. The Balaban J connectivity index is 2.63. The van der Waals surface area contributed by atoms with E-state index in [9.17, 15) is 4.79 Å². The van der Waals surface area contributed by atoms with Gasteiger partial charge in [-0.2, -0.15) is 0 Å². The average Bonchev–Trinajstić information content (AvgIpc) is 2.41. The molecule has 0 fully saturated rings. The van der Waals surface area contributed by atoms with Gasteiger partial charge in [-0.1, -0.05) is 6.92 Å². The minimum absolute atomic E-state index is 0.245. The Morgan fingerprint density at radius 1 is 1.25 bits per heavy atom. The molecular weight excluding hydrogens is 254 g/mol. The molecular formula is C14H25N5O. The first-order valence-electron chi connectivity index (χ1n) is 7.15. The number of anilines is 2. The first-order valence-corrected chi connectivity index (χ1v) is 7.15. The maximum Gasteiger partial charge on any atom is 0.217 e. The second-order valence-corrected chi connectivity index (χ2v) is 4.81. The molecule has 6 heteroatoms. The number of nitrogens with zero attached hydrogens (tertiary/aromatic N) is 2. The minimum atomic E-state index is -0.245. The fraction of sp³-hybridized carbons (Fsp3) is 0.643. The predicted octanol–water partition coefficient (Wildman–Crippen LogP) is 1.85. The number of hydrogen-bond acceptors (Lipinski definition) is 5. The van der Waals surface area contributed by atoms with Gasteiger partial charge in [0.2, 0.25) is 5.91 Å². The number of nitrogens with two attached hydrogens (primary N) is 1. The quantitative estimate of drug-likeness (QED) is 0.600. The Morgan fingerprint density at radius 3 is 2.55 bits per heavy atom. The van der Waals surface area contributed by atoms with Crippen LogP contribution in [0.3, 0.4) is 0 Å². The zero-order valence-electron chi connectivity index (χ0n) is 12.6. The van der Waals surface area contributed by atoms with Gasteiger partial charge in [-0.3, -0.25) is 4.79 Å². The van der Waals surface area contributed by atoms with Crippen LogP contribution in [-0.4, -0.2) is 29.5 Å². The van der Waals surface area contributed by atoms with Crippen LogP contribution in [0.4, 0.5) is 11.6 Å². The summed E-state index contributed by atoms with van der Waals surface area (Å²) in [5.74, 6) is 2.34. The second kappa shape index (κ2) is 8.35. The van der Waals surface area contributed by atoms with Crippen molar-refractivity contribution in [2.75, 3.05) is 24.2 Å². The van der Waals surface area contributed by atoms with Crippen LogP contribution in [0.5, 0.6) is 0 Å². The number of carbonyl (C=O) groups is 1. The summed E-state index contributed by atoms with van der Waals surface area (Å²) in [5, 5.41) is 6.42. The van der Waals surface area contributed by atoms with E-state index in [4.69, 9.17) is 5.73 Å². The highest BCUT2D eigenvalue weighted by molar-refractivity contribution is 5.73. The Morgan fingerprint density at radius 2 is 1.95 bits per heavy atom. The molecule has 0 aliphatic heterocycles. The number of primary amides is 1. The van der Waals surface area contributed by atoms with Crippen LogP contribution in [0.15, 0.2) is 0 Å². The lowest BCUT2D eigenvalue weighted by atomic mass is 10.2. The number of amides is 1. The topological polar surface area (TPSA) is 92.9 Å². The van der Waals surface area contributed by atoms with E-state index in [0.717, 1.165) is 55.3 Å². The van der Waals surface area contributed by atoms with Crippen molar-refractivity contribution < 1.29 is 4.79 Å². The number of unbranched alkanes of at least 4 members (excludes halogenated alkanes) is 1. The number of aryl methyl sites for hydroxylation is 1. The van der Waals surface area contributed by atoms with Gasteiger partial charge in [0.25, 0.3) is 0 Å². The zero-order chi connectivity index (χ0) is 15.0. The Hall–Kier alpha value is -1.85. The highest BCUT2D eigenvalue weighted by Gasteiger charge is 2.09. The molecule has 4 N–H and O–H groups in total. The van der Waals surface area contributed by atoms with E-state index in [0.29, 0.717) is 6.42 Å². The van der Waals surface area contributed by atoms with Gasteiger partial charge in [-0.25, -0.2) is 9.97 Å². The second-order valence-electron chi connectivity index (χ2n) is 4.81. The van der Waals surface area contributed by atoms with Gasteiger partial charge >= 0.3 is 0 Å². The van der Waals surface area contributed by atoms with Crippen LogP contribution >= 0.6 is 0 Å². The van der Waals surface area contributed by atoms with E-state index in [2.05, 4.69) is 27.5 Å². The third-order valence-electron chi connectivity index (χ3n) is 3.04. The van der Waals surface area contributed by atoms with E-state index in [1.807, 2.05) is 14.0 Å². The summed E-state index contributed by atoms with van der Waals surface area (Å²) in [4.78, 5) is 19.7. The first kappa shape index (κ1) is 16.2. The van der Waals surface area contributed by atoms with Crippen molar-refractivity contribution in [3.63, 3.8) is 0 Å². The number of aromatic nitrogens is 2. The highest BCUT2D eigenvalue weighted by Crippen LogP contribution is 2.20. The van der Waals surface area contributed by atoms with Crippen LogP contribution < -0.4 is 16.4 Å². The first-order chi connectivity index (χ1) is 9.58.